The van der Waals surface area contributed by atoms with Gasteiger partial charge in [-0.1, -0.05) is 46.9 Å². The van der Waals surface area contributed by atoms with Gasteiger partial charge in [0.05, 0.1) is 16.4 Å². The van der Waals surface area contributed by atoms with Crippen LogP contribution < -0.4 is 11.1 Å². The molecule has 1 aliphatic rings. The van der Waals surface area contributed by atoms with Gasteiger partial charge in [-0.05, 0) is 62.9 Å². The Bertz CT molecular complexity index is 1100. The van der Waals surface area contributed by atoms with Crippen LogP contribution in [0, 0.1) is 6.92 Å². The number of nitrogens with zero attached hydrogens (tertiary/aromatic N) is 2. The summed E-state index contributed by atoms with van der Waals surface area (Å²) < 4.78 is 1.70. The molecule has 3 N–H and O–H groups in total. The minimum absolute atomic E-state index is 0.106. The van der Waals surface area contributed by atoms with Gasteiger partial charge in [-0.15, -0.1) is 0 Å². The fraction of sp³-hybridized carbons (Fsp3) is 0.304. The molecule has 5 nitrogen and oxygen atoms in total. The minimum atomic E-state index is -0.197. The van der Waals surface area contributed by atoms with Crippen molar-refractivity contribution >= 4 is 40.7 Å². The van der Waals surface area contributed by atoms with E-state index in [9.17, 15) is 4.79 Å². The van der Waals surface area contributed by atoms with Gasteiger partial charge >= 0.3 is 0 Å². The third-order valence-electron chi connectivity index (χ3n) is 5.70. The Kier molecular flexibility index (Phi) is 6.58. The van der Waals surface area contributed by atoms with E-state index in [-0.39, 0.29) is 18.0 Å². The molecule has 3 aromatic rings. The van der Waals surface area contributed by atoms with Crippen molar-refractivity contribution in [2.45, 2.75) is 44.7 Å². The van der Waals surface area contributed by atoms with Gasteiger partial charge in [-0.2, -0.15) is 5.10 Å². The first kappa shape index (κ1) is 22.2. The molecular formula is C23H23Cl3N4O. The molecule has 2 aromatic carbocycles. The zero-order valence-electron chi connectivity index (χ0n) is 17.0. The Labute approximate surface area is 196 Å². The second-order valence-corrected chi connectivity index (χ2v) is 9.20. The quantitative estimate of drug-likeness (QED) is 0.498. The van der Waals surface area contributed by atoms with Crippen molar-refractivity contribution in [3.63, 3.8) is 0 Å². The van der Waals surface area contributed by atoms with Crippen molar-refractivity contribution in [1.82, 2.24) is 15.1 Å². The SMILES string of the molecule is Cc1c(C(=O)NC2CCC(N)CC2)nn(-c2ccc(Cl)cc2Cl)c1-c1ccc(Cl)cc1. The van der Waals surface area contributed by atoms with Crippen LogP contribution in [0.1, 0.15) is 41.7 Å². The van der Waals surface area contributed by atoms with Crippen molar-refractivity contribution in [1.29, 1.82) is 0 Å². The minimum Gasteiger partial charge on any atom is -0.348 e. The van der Waals surface area contributed by atoms with E-state index >= 15 is 0 Å². The van der Waals surface area contributed by atoms with E-state index in [1.807, 2.05) is 31.2 Å². The van der Waals surface area contributed by atoms with Crippen LogP contribution in [0.4, 0.5) is 0 Å². The molecule has 8 heteroatoms. The highest BCUT2D eigenvalue weighted by Gasteiger charge is 2.26. The topological polar surface area (TPSA) is 72.9 Å². The van der Waals surface area contributed by atoms with Crippen LogP contribution in [0.2, 0.25) is 15.1 Å². The van der Waals surface area contributed by atoms with Gasteiger partial charge in [-0.25, -0.2) is 4.68 Å². The highest BCUT2D eigenvalue weighted by atomic mass is 35.5. The van der Waals surface area contributed by atoms with E-state index in [1.54, 1.807) is 22.9 Å². The van der Waals surface area contributed by atoms with Crippen molar-refractivity contribution < 1.29 is 4.79 Å². The maximum Gasteiger partial charge on any atom is 0.272 e. The summed E-state index contributed by atoms with van der Waals surface area (Å²) >= 11 is 18.6. The Balaban J connectivity index is 1.76. The number of aromatic nitrogens is 2. The molecule has 0 bridgehead atoms. The summed E-state index contributed by atoms with van der Waals surface area (Å²) in [5, 5.41) is 9.40. The van der Waals surface area contributed by atoms with Crippen LogP contribution in [0.3, 0.4) is 0 Å². The summed E-state index contributed by atoms with van der Waals surface area (Å²) in [7, 11) is 0. The van der Waals surface area contributed by atoms with Gasteiger partial charge in [-0.3, -0.25) is 4.79 Å². The van der Waals surface area contributed by atoms with E-state index in [0.29, 0.717) is 26.4 Å². The maximum atomic E-state index is 13.1. The molecule has 0 spiro atoms. The predicted molar refractivity (Wildman–Crippen MR) is 126 cm³/mol. The van der Waals surface area contributed by atoms with Crippen LogP contribution in [-0.4, -0.2) is 27.8 Å². The molecule has 1 fully saturated rings. The van der Waals surface area contributed by atoms with E-state index in [2.05, 4.69) is 10.4 Å². The molecule has 1 aliphatic carbocycles. The lowest BCUT2D eigenvalue weighted by Crippen LogP contribution is -2.40. The van der Waals surface area contributed by atoms with E-state index in [1.165, 1.54) is 0 Å². The number of hydrogen-bond acceptors (Lipinski definition) is 3. The predicted octanol–water partition coefficient (Wildman–Crippen LogP) is 5.81. The normalized spacial score (nSPS) is 18.7. The van der Waals surface area contributed by atoms with Crippen molar-refractivity contribution in [3.8, 4) is 16.9 Å². The van der Waals surface area contributed by atoms with E-state index in [4.69, 9.17) is 40.5 Å². The zero-order valence-corrected chi connectivity index (χ0v) is 19.3. The number of halogens is 3. The number of hydrogen-bond donors (Lipinski definition) is 2. The number of carbonyl (C=O) groups is 1. The molecule has 162 valence electrons. The van der Waals surface area contributed by atoms with Crippen molar-refractivity contribution in [2.75, 3.05) is 0 Å². The van der Waals surface area contributed by atoms with Crippen LogP contribution >= 0.6 is 34.8 Å². The Hall–Kier alpha value is -2.05. The average molecular weight is 478 g/mol. The lowest BCUT2D eigenvalue weighted by molar-refractivity contribution is 0.0919. The highest BCUT2D eigenvalue weighted by molar-refractivity contribution is 6.35. The van der Waals surface area contributed by atoms with Crippen LogP contribution in [0.5, 0.6) is 0 Å². The van der Waals surface area contributed by atoms with Crippen LogP contribution in [0.15, 0.2) is 42.5 Å². The van der Waals surface area contributed by atoms with Gasteiger partial charge in [0.2, 0.25) is 0 Å². The van der Waals surface area contributed by atoms with Crippen molar-refractivity contribution in [2.24, 2.45) is 5.73 Å². The second-order valence-electron chi connectivity index (χ2n) is 7.92. The third-order valence-corrected chi connectivity index (χ3v) is 6.49. The second kappa shape index (κ2) is 9.21. The smallest absolute Gasteiger partial charge is 0.272 e. The summed E-state index contributed by atoms with van der Waals surface area (Å²) in [6, 6.07) is 12.9. The first-order valence-corrected chi connectivity index (χ1v) is 11.3. The number of nitrogens with two attached hydrogens (primary N) is 1. The first-order chi connectivity index (χ1) is 14.8. The summed E-state index contributed by atoms with van der Waals surface area (Å²) in [6.07, 6.45) is 3.57. The summed E-state index contributed by atoms with van der Waals surface area (Å²) in [6.45, 7) is 1.89. The standard InChI is InChI=1S/C23H23Cl3N4O/c1-13-21(23(31)28-18-9-7-17(27)8-10-18)29-30(20-11-6-16(25)12-19(20)26)22(13)14-2-4-15(24)5-3-14/h2-6,11-12,17-18H,7-10,27H2,1H3,(H,28,31). The maximum absolute atomic E-state index is 13.1. The van der Waals surface area contributed by atoms with E-state index in [0.717, 1.165) is 42.5 Å². The number of carbonyl (C=O) groups excluding carboxylic acids is 1. The molecule has 1 heterocycles. The Morgan fingerprint density at radius 3 is 2.32 bits per heavy atom. The average Bonchev–Trinajstić information content (AvgIpc) is 3.07. The Morgan fingerprint density at radius 1 is 1.03 bits per heavy atom. The molecule has 4 rings (SSSR count). The molecule has 0 unspecified atom stereocenters. The lowest BCUT2D eigenvalue weighted by Gasteiger charge is -2.26. The number of amides is 1. The van der Waals surface area contributed by atoms with Gasteiger partial charge in [0, 0.05) is 33.3 Å². The number of nitrogens with one attached hydrogen (secondary N) is 1. The fourth-order valence-electron chi connectivity index (χ4n) is 4.00. The van der Waals surface area contributed by atoms with Crippen LogP contribution in [-0.2, 0) is 0 Å². The summed E-state index contributed by atoms with van der Waals surface area (Å²) in [5.41, 5.74) is 9.41. The number of benzene rings is 2. The van der Waals surface area contributed by atoms with Gasteiger partial charge in [0.1, 0.15) is 0 Å². The Morgan fingerprint density at radius 2 is 1.68 bits per heavy atom. The highest BCUT2D eigenvalue weighted by Crippen LogP contribution is 2.33. The zero-order chi connectivity index (χ0) is 22.1. The first-order valence-electron chi connectivity index (χ1n) is 10.2. The number of rotatable bonds is 4. The molecule has 0 aliphatic heterocycles. The summed E-state index contributed by atoms with van der Waals surface area (Å²) in [4.78, 5) is 13.1. The van der Waals surface area contributed by atoms with Gasteiger partial charge < -0.3 is 11.1 Å². The molecule has 1 aromatic heterocycles. The molecule has 0 saturated heterocycles. The molecule has 31 heavy (non-hydrogen) atoms. The summed E-state index contributed by atoms with van der Waals surface area (Å²) in [5.74, 6) is -0.197. The monoisotopic (exact) mass is 476 g/mol. The third kappa shape index (κ3) is 4.75. The lowest BCUT2D eigenvalue weighted by atomic mass is 9.91. The van der Waals surface area contributed by atoms with Crippen molar-refractivity contribution in [3.05, 3.63) is 68.8 Å². The molecule has 0 radical (unpaired) electrons. The largest absolute Gasteiger partial charge is 0.348 e. The van der Waals surface area contributed by atoms with Gasteiger partial charge in [0.25, 0.3) is 5.91 Å². The molecule has 1 amide bonds. The van der Waals surface area contributed by atoms with Crippen LogP contribution in [0.25, 0.3) is 16.9 Å². The van der Waals surface area contributed by atoms with E-state index < -0.39 is 0 Å². The fourth-order valence-corrected chi connectivity index (χ4v) is 4.62. The van der Waals surface area contributed by atoms with Gasteiger partial charge in [0.15, 0.2) is 5.69 Å². The molecule has 1 saturated carbocycles. The molecule has 0 atom stereocenters. The molecular weight excluding hydrogens is 455 g/mol.